The summed E-state index contributed by atoms with van der Waals surface area (Å²) in [4.78, 5) is 3.56. The molecule has 2 atom stereocenters. The lowest BCUT2D eigenvalue weighted by atomic mass is 9.92. The van der Waals surface area contributed by atoms with Crippen molar-refractivity contribution in [2.24, 2.45) is 5.92 Å². The first kappa shape index (κ1) is 10.5. The van der Waals surface area contributed by atoms with Gasteiger partial charge in [-0.15, -0.1) is 4.94 Å². The Morgan fingerprint density at radius 3 is 2.60 bits per heavy atom. The van der Waals surface area contributed by atoms with Gasteiger partial charge >= 0.3 is 0 Å². The number of rotatable bonds is 3. The Labute approximate surface area is 86.7 Å². The Morgan fingerprint density at radius 2 is 2.07 bits per heavy atom. The van der Waals surface area contributed by atoms with E-state index < -0.39 is 11.8 Å². The van der Waals surface area contributed by atoms with Crippen LogP contribution in [0.5, 0.6) is 0 Å². The maximum atomic E-state index is 14.3. The highest BCUT2D eigenvalue weighted by molar-refractivity contribution is 5.21. The third-order valence-corrected chi connectivity index (χ3v) is 2.73. The minimum atomic E-state index is -2.38. The van der Waals surface area contributed by atoms with Crippen molar-refractivity contribution in [1.29, 1.82) is 0 Å². The van der Waals surface area contributed by atoms with Crippen molar-refractivity contribution < 1.29 is 18.6 Å². The van der Waals surface area contributed by atoms with Gasteiger partial charge in [0.05, 0.1) is 12.5 Å². The summed E-state index contributed by atoms with van der Waals surface area (Å²) >= 11 is 0. The highest BCUT2D eigenvalue weighted by atomic mass is 19.3. The molecule has 0 N–H and O–H groups in total. The minimum absolute atomic E-state index is 0.190. The number of ether oxygens (including phenoxy) is 1. The highest BCUT2D eigenvalue weighted by Gasteiger charge is 2.45. The molecule has 0 spiro atoms. The van der Waals surface area contributed by atoms with Gasteiger partial charge in [0.15, 0.2) is 0 Å². The fraction of sp³-hybridized carbons (Fsp3) is 0.455. The van der Waals surface area contributed by atoms with E-state index in [4.69, 9.17) is 4.74 Å². The average Bonchev–Trinajstić information content (AvgIpc) is 2.83. The molecule has 1 aliphatic rings. The summed E-state index contributed by atoms with van der Waals surface area (Å²) in [5.74, 6) is -2.96. The lowest BCUT2D eigenvalue weighted by molar-refractivity contribution is -0.323. The van der Waals surface area contributed by atoms with Gasteiger partial charge in [-0.2, -0.15) is 0 Å². The van der Waals surface area contributed by atoms with Crippen LogP contribution in [0.1, 0.15) is 12.0 Å². The zero-order valence-electron chi connectivity index (χ0n) is 8.16. The number of hydrogen-bond acceptors (Lipinski definition) is 2. The topological polar surface area (TPSA) is 18.5 Å². The van der Waals surface area contributed by atoms with E-state index in [1.807, 2.05) is 0 Å². The van der Waals surface area contributed by atoms with Gasteiger partial charge < -0.3 is 4.74 Å². The number of benzene rings is 1. The van der Waals surface area contributed by atoms with E-state index in [9.17, 15) is 8.92 Å². The summed E-state index contributed by atoms with van der Waals surface area (Å²) < 4.78 is 31.8. The molecule has 2 nitrogen and oxygen atoms in total. The van der Waals surface area contributed by atoms with Crippen molar-refractivity contribution in [3.05, 3.63) is 35.9 Å². The van der Waals surface area contributed by atoms with Gasteiger partial charge in [0.2, 0.25) is 0 Å². The maximum absolute atomic E-state index is 14.3. The number of hydrogen-bond donors (Lipinski definition) is 0. The molecule has 2 unspecified atom stereocenters. The first-order chi connectivity index (χ1) is 7.27. The van der Waals surface area contributed by atoms with Crippen LogP contribution in [0.3, 0.4) is 0 Å². The Hall–Kier alpha value is -1.00. The van der Waals surface area contributed by atoms with Crippen molar-refractivity contribution in [3.8, 4) is 0 Å². The highest BCUT2D eigenvalue weighted by Crippen LogP contribution is 2.40. The molecule has 1 aromatic rings. The number of halogens is 2. The van der Waals surface area contributed by atoms with Gasteiger partial charge in [0.1, 0.15) is 0 Å². The molecule has 1 heterocycles. The third-order valence-electron chi connectivity index (χ3n) is 2.73. The largest absolute Gasteiger partial charge is 0.381 e. The Bertz CT molecular complexity index is 312. The van der Waals surface area contributed by atoms with Gasteiger partial charge in [0, 0.05) is 12.2 Å². The fourth-order valence-corrected chi connectivity index (χ4v) is 1.84. The van der Waals surface area contributed by atoms with E-state index >= 15 is 0 Å². The Kier molecular flexibility index (Phi) is 2.98. The van der Waals surface area contributed by atoms with Crippen molar-refractivity contribution >= 4 is 0 Å². The molecule has 15 heavy (non-hydrogen) atoms. The van der Waals surface area contributed by atoms with Gasteiger partial charge in [0.25, 0.3) is 5.85 Å². The summed E-state index contributed by atoms with van der Waals surface area (Å²) in [6, 6.07) is 8.07. The lowest BCUT2D eigenvalue weighted by Crippen LogP contribution is -2.31. The zero-order valence-corrected chi connectivity index (χ0v) is 8.16. The molecular formula is C11H12F2O2. The predicted molar refractivity (Wildman–Crippen MR) is 50.3 cm³/mol. The molecule has 1 saturated heterocycles. The van der Waals surface area contributed by atoms with E-state index in [1.54, 1.807) is 18.2 Å². The summed E-state index contributed by atoms with van der Waals surface area (Å²) in [7, 11) is 0. The standard InChI is InChI=1S/C11H12F2O2/c12-11(15-13,10-6-7-14-8-10)9-4-2-1-3-5-9/h1-5,10H,6-8H2. The fourth-order valence-electron chi connectivity index (χ4n) is 1.84. The molecule has 0 amide bonds. The van der Waals surface area contributed by atoms with E-state index in [0.717, 1.165) is 0 Å². The molecule has 1 aliphatic heterocycles. The van der Waals surface area contributed by atoms with Crippen LogP contribution in [0.15, 0.2) is 30.3 Å². The molecule has 82 valence electrons. The smallest absolute Gasteiger partial charge is 0.276 e. The van der Waals surface area contributed by atoms with Crippen molar-refractivity contribution in [1.82, 2.24) is 0 Å². The molecule has 0 saturated carbocycles. The predicted octanol–water partition coefficient (Wildman–Crippen LogP) is 2.75. The molecule has 1 fully saturated rings. The molecule has 0 aliphatic carbocycles. The molecule has 0 bridgehead atoms. The molecule has 2 rings (SSSR count). The van der Waals surface area contributed by atoms with Crippen LogP contribution >= 0.6 is 0 Å². The normalized spacial score (nSPS) is 25.1. The van der Waals surface area contributed by atoms with Crippen LogP contribution in [-0.2, 0) is 15.5 Å². The van der Waals surface area contributed by atoms with Gasteiger partial charge in [-0.05, 0) is 10.9 Å². The first-order valence-electron chi connectivity index (χ1n) is 4.89. The van der Waals surface area contributed by atoms with Crippen LogP contribution in [0, 0.1) is 5.92 Å². The van der Waals surface area contributed by atoms with Crippen LogP contribution in [0.25, 0.3) is 0 Å². The van der Waals surface area contributed by atoms with Crippen molar-refractivity contribution in [2.75, 3.05) is 13.2 Å². The molecular weight excluding hydrogens is 202 g/mol. The SMILES string of the molecule is FOC(F)(c1ccccc1)C1CCOC1. The molecule has 0 aromatic heterocycles. The second-order valence-electron chi connectivity index (χ2n) is 3.65. The summed E-state index contributed by atoms with van der Waals surface area (Å²) in [5.41, 5.74) is 0.197. The van der Waals surface area contributed by atoms with E-state index in [2.05, 4.69) is 4.94 Å². The molecule has 0 radical (unpaired) electrons. The average molecular weight is 214 g/mol. The van der Waals surface area contributed by atoms with Gasteiger partial charge in [-0.25, -0.2) is 4.39 Å². The molecule has 1 aromatic carbocycles. The van der Waals surface area contributed by atoms with E-state index in [0.29, 0.717) is 13.0 Å². The number of alkyl halides is 1. The molecule has 4 heteroatoms. The second-order valence-corrected chi connectivity index (χ2v) is 3.65. The maximum Gasteiger partial charge on any atom is 0.276 e. The summed E-state index contributed by atoms with van der Waals surface area (Å²) in [6.07, 6.45) is 0.468. The third kappa shape index (κ3) is 1.87. The quantitative estimate of drug-likeness (QED) is 0.770. The van der Waals surface area contributed by atoms with Crippen LogP contribution in [0.4, 0.5) is 8.92 Å². The van der Waals surface area contributed by atoms with Crippen molar-refractivity contribution in [3.63, 3.8) is 0 Å². The van der Waals surface area contributed by atoms with E-state index in [-0.39, 0.29) is 12.2 Å². The summed E-state index contributed by atoms with van der Waals surface area (Å²) in [6.45, 7) is 0.641. The lowest BCUT2D eigenvalue weighted by Gasteiger charge is -2.25. The van der Waals surface area contributed by atoms with Crippen LogP contribution in [0.2, 0.25) is 0 Å². The zero-order chi connectivity index (χ0) is 10.7. The minimum Gasteiger partial charge on any atom is -0.381 e. The monoisotopic (exact) mass is 214 g/mol. The second kappa shape index (κ2) is 4.24. The first-order valence-corrected chi connectivity index (χ1v) is 4.89. The Balaban J connectivity index is 2.28. The Morgan fingerprint density at radius 1 is 1.33 bits per heavy atom. The van der Waals surface area contributed by atoms with Crippen LogP contribution < -0.4 is 0 Å². The summed E-state index contributed by atoms with van der Waals surface area (Å²) in [5, 5.41) is 0. The van der Waals surface area contributed by atoms with Crippen molar-refractivity contribution in [2.45, 2.75) is 12.3 Å². The van der Waals surface area contributed by atoms with E-state index in [1.165, 1.54) is 12.1 Å². The van der Waals surface area contributed by atoms with Gasteiger partial charge in [-0.1, -0.05) is 30.3 Å². The van der Waals surface area contributed by atoms with Gasteiger partial charge in [-0.3, -0.25) is 0 Å². The van der Waals surface area contributed by atoms with Crippen LogP contribution in [-0.4, -0.2) is 13.2 Å².